The SMILES string of the molecule is C=C(CO[C@H]1CC[C@]2(C)[C@H]3CC[C@@H]4[C@@H]5[C@H](C(=C)C)CC[C@]5(C(=O)O)CC[C@@]4(C)[C@]3(C)CC[C@H]2C1(C)C)C[C@@H]1O[C@@H](C)[C@@H](OCc2ccccc2)[C@@H](OCc2ccccc2)[C@@H]1OCc1ccccc1. The maximum atomic E-state index is 13.2. The zero-order valence-corrected chi connectivity index (χ0v) is 42.4. The molecule has 3 aromatic rings. The number of carboxylic acid groups (broad SMARTS) is 1. The van der Waals surface area contributed by atoms with Crippen LogP contribution in [0.5, 0.6) is 0 Å². The number of carbonyl (C=O) groups is 1. The van der Waals surface area contributed by atoms with E-state index in [1.165, 1.54) is 24.8 Å². The standard InChI is InChI=1S/C61H82O7/c1-40(2)46-27-32-61(56(62)63)34-33-59(8)47(52(46)61)25-26-50-58(7)30-29-51(57(5,6)49(58)28-31-60(50,59)9)64-36-41(3)35-48-54(66-38-44-21-15-11-16-22-44)55(67-39-45-23-17-12-18-24-45)53(42(4)68-48)65-37-43-19-13-10-14-20-43/h10-24,42,46-55H,1,3,25-39H2,2,4-9H3,(H,62,63)/t42-,46-,47+,48-,49-,50+,51-,52-,53+,54+,55+,58-,59+,60+,61-/m0/s1. The predicted molar refractivity (Wildman–Crippen MR) is 269 cm³/mol. The number of fused-ring (bicyclic) bond motifs is 7. The van der Waals surface area contributed by atoms with Crippen molar-refractivity contribution in [3.05, 3.63) is 132 Å². The summed E-state index contributed by atoms with van der Waals surface area (Å²) in [4.78, 5) is 13.2. The van der Waals surface area contributed by atoms with Gasteiger partial charge in [-0.1, -0.05) is 144 Å². The third-order valence-corrected chi connectivity index (χ3v) is 20.1. The molecule has 1 heterocycles. The summed E-state index contributed by atoms with van der Waals surface area (Å²) >= 11 is 0. The highest BCUT2D eigenvalue weighted by molar-refractivity contribution is 5.76. The topological polar surface area (TPSA) is 83.5 Å². The monoisotopic (exact) mass is 927 g/mol. The summed E-state index contributed by atoms with van der Waals surface area (Å²) in [5, 5.41) is 10.8. The van der Waals surface area contributed by atoms with Crippen LogP contribution in [0.25, 0.3) is 0 Å². The fraction of sp³-hybridized carbons (Fsp3) is 0.623. The van der Waals surface area contributed by atoms with E-state index in [0.717, 1.165) is 67.2 Å². The molecule has 1 N–H and O–H groups in total. The van der Waals surface area contributed by atoms with Crippen molar-refractivity contribution in [3.63, 3.8) is 0 Å². The molecular formula is C61H82O7. The molecule has 1 aliphatic heterocycles. The lowest BCUT2D eigenvalue weighted by atomic mass is 9.32. The first-order valence-corrected chi connectivity index (χ1v) is 26.3. The fourth-order valence-electron chi connectivity index (χ4n) is 16.5. The van der Waals surface area contributed by atoms with E-state index >= 15 is 0 Å². The fourth-order valence-corrected chi connectivity index (χ4v) is 16.5. The lowest BCUT2D eigenvalue weighted by molar-refractivity contribution is -0.261. The average molecular weight is 927 g/mol. The van der Waals surface area contributed by atoms with Crippen LogP contribution < -0.4 is 0 Å². The van der Waals surface area contributed by atoms with E-state index in [1.807, 2.05) is 54.6 Å². The zero-order valence-electron chi connectivity index (χ0n) is 42.4. The van der Waals surface area contributed by atoms with Gasteiger partial charge in [-0.15, -0.1) is 0 Å². The molecule has 0 aromatic heterocycles. The highest BCUT2D eigenvalue weighted by atomic mass is 16.6. The highest BCUT2D eigenvalue weighted by Gasteiger charge is 2.72. The lowest BCUT2D eigenvalue weighted by Crippen LogP contribution is -2.67. The minimum absolute atomic E-state index is 0.0231. The van der Waals surface area contributed by atoms with Gasteiger partial charge in [0.15, 0.2) is 0 Å². The van der Waals surface area contributed by atoms with Crippen LogP contribution in [0.15, 0.2) is 115 Å². The van der Waals surface area contributed by atoms with Crippen LogP contribution in [0.3, 0.4) is 0 Å². The Morgan fingerprint density at radius 1 is 0.647 bits per heavy atom. The number of rotatable bonds is 16. The van der Waals surface area contributed by atoms with Crippen LogP contribution in [-0.2, 0) is 48.3 Å². The summed E-state index contributed by atoms with van der Waals surface area (Å²) in [5.74, 6) is 1.52. The molecule has 68 heavy (non-hydrogen) atoms. The summed E-state index contributed by atoms with van der Waals surface area (Å²) in [6.07, 6.45) is 9.48. The molecule has 6 fully saturated rings. The van der Waals surface area contributed by atoms with Crippen molar-refractivity contribution in [2.45, 2.75) is 176 Å². The summed E-state index contributed by atoms with van der Waals surface area (Å²) in [7, 11) is 0. The molecule has 9 rings (SSSR count). The van der Waals surface area contributed by atoms with Crippen molar-refractivity contribution in [3.8, 4) is 0 Å². The van der Waals surface area contributed by atoms with Crippen molar-refractivity contribution in [2.24, 2.45) is 56.7 Å². The number of aliphatic carboxylic acids is 1. The van der Waals surface area contributed by atoms with E-state index in [2.05, 4.69) is 98.0 Å². The number of carboxylic acids is 1. The first-order valence-electron chi connectivity index (χ1n) is 26.3. The molecule has 6 aliphatic rings. The van der Waals surface area contributed by atoms with Gasteiger partial charge in [0, 0.05) is 0 Å². The maximum Gasteiger partial charge on any atom is 0.309 e. The Balaban J connectivity index is 0.897. The van der Waals surface area contributed by atoms with Crippen LogP contribution >= 0.6 is 0 Å². The zero-order chi connectivity index (χ0) is 48.1. The second-order valence-corrected chi connectivity index (χ2v) is 23.9. The van der Waals surface area contributed by atoms with E-state index in [9.17, 15) is 9.90 Å². The van der Waals surface area contributed by atoms with E-state index in [0.29, 0.717) is 56.5 Å². The van der Waals surface area contributed by atoms with Crippen molar-refractivity contribution in [1.29, 1.82) is 0 Å². The molecule has 5 saturated carbocycles. The quantitative estimate of drug-likeness (QED) is 0.143. The smallest absolute Gasteiger partial charge is 0.309 e. The Bertz CT molecular complexity index is 2230. The number of allylic oxidation sites excluding steroid dienone is 1. The predicted octanol–water partition coefficient (Wildman–Crippen LogP) is 13.6. The Kier molecular flexibility index (Phi) is 14.2. The molecule has 0 unspecified atom stereocenters. The van der Waals surface area contributed by atoms with Crippen molar-refractivity contribution < 1.29 is 33.6 Å². The van der Waals surface area contributed by atoms with E-state index < -0.39 is 23.6 Å². The highest BCUT2D eigenvalue weighted by Crippen LogP contribution is 2.77. The Morgan fingerprint density at radius 2 is 1.22 bits per heavy atom. The van der Waals surface area contributed by atoms with Gasteiger partial charge in [0.1, 0.15) is 18.3 Å². The van der Waals surface area contributed by atoms with Crippen molar-refractivity contribution in [1.82, 2.24) is 0 Å². The summed E-state index contributed by atoms with van der Waals surface area (Å²) < 4.78 is 34.6. The molecule has 0 radical (unpaired) electrons. The lowest BCUT2D eigenvalue weighted by Gasteiger charge is -2.72. The van der Waals surface area contributed by atoms with Crippen molar-refractivity contribution in [2.75, 3.05) is 6.61 Å². The molecule has 3 aromatic carbocycles. The minimum atomic E-state index is -0.589. The summed E-state index contributed by atoms with van der Waals surface area (Å²) in [6, 6.07) is 31.0. The first-order chi connectivity index (χ1) is 32.5. The van der Waals surface area contributed by atoms with Crippen LogP contribution in [0, 0.1) is 56.7 Å². The Labute approximate surface area is 408 Å². The molecule has 5 aliphatic carbocycles. The molecule has 7 heteroatoms. The van der Waals surface area contributed by atoms with Gasteiger partial charge >= 0.3 is 5.97 Å². The van der Waals surface area contributed by atoms with Crippen LogP contribution in [0.1, 0.15) is 136 Å². The van der Waals surface area contributed by atoms with Gasteiger partial charge in [0.2, 0.25) is 0 Å². The van der Waals surface area contributed by atoms with Gasteiger partial charge in [-0.05, 0) is 158 Å². The maximum absolute atomic E-state index is 13.2. The Hall–Kier alpha value is -3.59. The second-order valence-electron chi connectivity index (χ2n) is 23.9. The third kappa shape index (κ3) is 8.81. The molecule has 1 saturated heterocycles. The number of ether oxygens (including phenoxy) is 5. The van der Waals surface area contributed by atoms with E-state index in [4.69, 9.17) is 23.7 Å². The molecule has 0 amide bonds. The molecular weight excluding hydrogens is 845 g/mol. The minimum Gasteiger partial charge on any atom is -0.481 e. The van der Waals surface area contributed by atoms with Gasteiger partial charge in [-0.2, -0.15) is 0 Å². The van der Waals surface area contributed by atoms with Gasteiger partial charge in [-0.25, -0.2) is 0 Å². The van der Waals surface area contributed by atoms with Crippen LogP contribution in [-0.4, -0.2) is 54.3 Å². The van der Waals surface area contributed by atoms with E-state index in [-0.39, 0.29) is 52.0 Å². The number of hydrogen-bond acceptors (Lipinski definition) is 6. The summed E-state index contributed by atoms with van der Waals surface area (Å²) in [6.45, 7) is 28.0. The first kappa shape index (κ1) is 49.4. The molecule has 7 nitrogen and oxygen atoms in total. The molecule has 0 spiro atoms. The third-order valence-electron chi connectivity index (χ3n) is 20.1. The van der Waals surface area contributed by atoms with Crippen molar-refractivity contribution >= 4 is 5.97 Å². The van der Waals surface area contributed by atoms with Crippen LogP contribution in [0.4, 0.5) is 0 Å². The van der Waals surface area contributed by atoms with E-state index in [1.54, 1.807) is 0 Å². The number of benzene rings is 3. The largest absolute Gasteiger partial charge is 0.481 e. The Morgan fingerprint density at radius 3 is 1.79 bits per heavy atom. The normalized spacial score (nSPS) is 39.4. The number of hydrogen-bond donors (Lipinski definition) is 1. The van der Waals surface area contributed by atoms with Gasteiger partial charge < -0.3 is 28.8 Å². The van der Waals surface area contributed by atoms with Crippen LogP contribution in [0.2, 0.25) is 0 Å². The molecule has 368 valence electrons. The van der Waals surface area contributed by atoms with Gasteiger partial charge in [0.25, 0.3) is 0 Å². The molecule has 15 atom stereocenters. The summed E-state index contributed by atoms with van der Waals surface area (Å²) in [5.41, 5.74) is 5.34. The molecule has 0 bridgehead atoms. The van der Waals surface area contributed by atoms with Gasteiger partial charge in [-0.3, -0.25) is 4.79 Å². The average Bonchev–Trinajstić information content (AvgIpc) is 3.73. The second kappa shape index (κ2) is 19.5. The van der Waals surface area contributed by atoms with Gasteiger partial charge in [0.05, 0.1) is 50.2 Å².